The van der Waals surface area contributed by atoms with Crippen molar-refractivity contribution >= 4 is 5.91 Å². The van der Waals surface area contributed by atoms with Crippen molar-refractivity contribution in [1.82, 2.24) is 10.2 Å². The van der Waals surface area contributed by atoms with Crippen LogP contribution < -0.4 is 19.5 Å². The molecule has 0 spiro atoms. The molecule has 2 aromatic rings. The third-order valence-corrected chi connectivity index (χ3v) is 4.91. The van der Waals surface area contributed by atoms with Gasteiger partial charge in [0.1, 0.15) is 5.75 Å². The summed E-state index contributed by atoms with van der Waals surface area (Å²) in [6, 6.07) is 14.3. The molecule has 156 valence electrons. The van der Waals surface area contributed by atoms with Crippen LogP contribution in [0.2, 0.25) is 0 Å². The van der Waals surface area contributed by atoms with Crippen LogP contribution in [0, 0.1) is 0 Å². The first kappa shape index (κ1) is 21.0. The molecule has 2 atom stereocenters. The predicted molar refractivity (Wildman–Crippen MR) is 113 cm³/mol. The molecule has 0 aromatic heterocycles. The second-order valence-corrected chi connectivity index (χ2v) is 7.32. The van der Waals surface area contributed by atoms with Gasteiger partial charge in [0.25, 0.3) is 5.91 Å². The Morgan fingerprint density at radius 2 is 2.03 bits per heavy atom. The highest BCUT2D eigenvalue weighted by molar-refractivity contribution is 5.80. The number of amides is 1. The van der Waals surface area contributed by atoms with E-state index < -0.39 is 6.10 Å². The van der Waals surface area contributed by atoms with E-state index in [2.05, 4.69) is 11.4 Å². The van der Waals surface area contributed by atoms with Crippen molar-refractivity contribution in [3.63, 3.8) is 0 Å². The van der Waals surface area contributed by atoms with Crippen molar-refractivity contribution in [2.75, 3.05) is 27.3 Å². The second-order valence-electron chi connectivity index (χ2n) is 7.32. The molecule has 1 aliphatic heterocycles. The van der Waals surface area contributed by atoms with Crippen LogP contribution in [0.4, 0.5) is 0 Å². The Morgan fingerprint density at radius 3 is 2.79 bits per heavy atom. The normalized spacial score (nSPS) is 16.3. The molecule has 0 aliphatic carbocycles. The number of carbonyl (C=O) groups is 1. The van der Waals surface area contributed by atoms with Crippen molar-refractivity contribution in [2.45, 2.75) is 39.0 Å². The largest absolute Gasteiger partial charge is 0.493 e. The lowest BCUT2D eigenvalue weighted by molar-refractivity contribution is -0.135. The van der Waals surface area contributed by atoms with Gasteiger partial charge in [-0.3, -0.25) is 4.79 Å². The first-order chi connectivity index (χ1) is 14.0. The van der Waals surface area contributed by atoms with Crippen LogP contribution in [0.5, 0.6) is 17.2 Å². The summed E-state index contributed by atoms with van der Waals surface area (Å²) < 4.78 is 17.4. The van der Waals surface area contributed by atoms with Gasteiger partial charge in [-0.05, 0) is 37.6 Å². The molecular formula is C23H30N2O4. The fraction of sp³-hybridized carbons (Fsp3) is 0.435. The van der Waals surface area contributed by atoms with E-state index in [4.69, 9.17) is 14.2 Å². The zero-order valence-electron chi connectivity index (χ0n) is 17.6. The third kappa shape index (κ3) is 5.21. The summed E-state index contributed by atoms with van der Waals surface area (Å²) in [6.07, 6.45) is 0.354. The maximum atomic E-state index is 12.1. The van der Waals surface area contributed by atoms with Crippen LogP contribution in [0.3, 0.4) is 0 Å². The maximum absolute atomic E-state index is 12.1. The Balaban J connectivity index is 1.69. The first-order valence-corrected chi connectivity index (χ1v) is 10.1. The highest BCUT2D eigenvalue weighted by Gasteiger charge is 2.21. The minimum absolute atomic E-state index is 0.0867. The highest BCUT2D eigenvalue weighted by Crippen LogP contribution is 2.33. The summed E-state index contributed by atoms with van der Waals surface area (Å²) in [6.45, 7) is 5.61. The molecular weight excluding hydrogens is 368 g/mol. The molecule has 1 aliphatic rings. The number of ether oxygens (including phenoxy) is 3. The van der Waals surface area contributed by atoms with Crippen LogP contribution in [0.15, 0.2) is 42.5 Å². The fourth-order valence-electron chi connectivity index (χ4n) is 3.43. The van der Waals surface area contributed by atoms with E-state index in [0.717, 1.165) is 17.7 Å². The number of hydrogen-bond acceptors (Lipinski definition) is 5. The second kappa shape index (κ2) is 9.65. The molecule has 0 bridgehead atoms. The van der Waals surface area contributed by atoms with Crippen molar-refractivity contribution in [2.24, 2.45) is 0 Å². The van der Waals surface area contributed by atoms with Crippen molar-refractivity contribution in [3.8, 4) is 17.2 Å². The number of nitrogens with zero attached hydrogens (tertiary/aromatic N) is 1. The molecule has 6 heteroatoms. The summed E-state index contributed by atoms with van der Waals surface area (Å²) >= 11 is 0. The molecule has 0 fully saturated rings. The standard InChI is InChI=1S/C23H30N2O4/c1-5-27-22-14-17(10-11-21(22)29-16(2)23(26)25(3)4)15-24-19-12-13-28-20-9-7-6-8-18(19)20/h6-11,14,16,19,24H,5,12-13,15H2,1-4H3. The van der Waals surface area contributed by atoms with Gasteiger partial charge in [-0.1, -0.05) is 24.3 Å². The van der Waals surface area contributed by atoms with E-state index in [9.17, 15) is 4.79 Å². The van der Waals surface area contributed by atoms with E-state index in [1.807, 2.05) is 43.3 Å². The fourth-order valence-corrected chi connectivity index (χ4v) is 3.43. The Bertz CT molecular complexity index is 837. The van der Waals surface area contributed by atoms with Gasteiger partial charge < -0.3 is 24.4 Å². The summed E-state index contributed by atoms with van der Waals surface area (Å²) in [7, 11) is 3.43. The van der Waals surface area contributed by atoms with Gasteiger partial charge in [0.05, 0.1) is 13.2 Å². The van der Waals surface area contributed by atoms with Crippen LogP contribution in [-0.2, 0) is 11.3 Å². The molecule has 3 rings (SSSR count). The van der Waals surface area contributed by atoms with Crippen molar-refractivity contribution < 1.29 is 19.0 Å². The number of nitrogens with one attached hydrogen (secondary N) is 1. The highest BCUT2D eigenvalue weighted by atomic mass is 16.5. The van der Waals surface area contributed by atoms with Gasteiger partial charge in [-0.15, -0.1) is 0 Å². The van der Waals surface area contributed by atoms with Crippen molar-refractivity contribution in [3.05, 3.63) is 53.6 Å². The van der Waals surface area contributed by atoms with Crippen LogP contribution >= 0.6 is 0 Å². The number of rotatable bonds is 8. The van der Waals surface area contributed by atoms with Crippen molar-refractivity contribution in [1.29, 1.82) is 0 Å². The Labute approximate surface area is 172 Å². The number of carbonyl (C=O) groups excluding carboxylic acids is 1. The van der Waals surface area contributed by atoms with E-state index in [1.54, 1.807) is 21.0 Å². The molecule has 1 amide bonds. The third-order valence-electron chi connectivity index (χ3n) is 4.91. The first-order valence-electron chi connectivity index (χ1n) is 10.1. The van der Waals surface area contributed by atoms with Gasteiger partial charge in [-0.25, -0.2) is 0 Å². The lowest BCUT2D eigenvalue weighted by Crippen LogP contribution is -2.35. The number of benzene rings is 2. The number of para-hydroxylation sites is 1. The minimum atomic E-state index is -0.577. The lowest BCUT2D eigenvalue weighted by atomic mass is 10.0. The maximum Gasteiger partial charge on any atom is 0.262 e. The zero-order chi connectivity index (χ0) is 20.8. The lowest BCUT2D eigenvalue weighted by Gasteiger charge is -2.27. The molecule has 6 nitrogen and oxygen atoms in total. The zero-order valence-corrected chi connectivity index (χ0v) is 17.6. The molecule has 0 saturated heterocycles. The molecule has 29 heavy (non-hydrogen) atoms. The molecule has 1 heterocycles. The van der Waals surface area contributed by atoms with E-state index >= 15 is 0 Å². The van der Waals surface area contributed by atoms with Crippen LogP contribution in [0.25, 0.3) is 0 Å². The molecule has 0 saturated carbocycles. The summed E-state index contributed by atoms with van der Waals surface area (Å²) in [5.74, 6) is 2.10. The minimum Gasteiger partial charge on any atom is -0.493 e. The van der Waals surface area contributed by atoms with Gasteiger partial charge in [0, 0.05) is 38.7 Å². The molecule has 2 aromatic carbocycles. The summed E-state index contributed by atoms with van der Waals surface area (Å²) in [5, 5.41) is 3.62. The summed E-state index contributed by atoms with van der Waals surface area (Å²) in [5.41, 5.74) is 2.29. The molecule has 1 N–H and O–H groups in total. The van der Waals surface area contributed by atoms with Gasteiger partial charge >= 0.3 is 0 Å². The quantitative estimate of drug-likeness (QED) is 0.737. The van der Waals surface area contributed by atoms with Crippen LogP contribution in [0.1, 0.15) is 37.4 Å². The number of likely N-dealkylation sites (N-methyl/N-ethyl adjacent to an activating group) is 1. The van der Waals surface area contributed by atoms with Gasteiger partial charge in [0.2, 0.25) is 0 Å². The number of fused-ring (bicyclic) bond motifs is 1. The Morgan fingerprint density at radius 1 is 1.24 bits per heavy atom. The Hall–Kier alpha value is -2.73. The van der Waals surface area contributed by atoms with Crippen LogP contribution in [-0.4, -0.2) is 44.2 Å². The number of hydrogen-bond donors (Lipinski definition) is 1. The van der Waals surface area contributed by atoms with E-state index in [1.165, 1.54) is 10.5 Å². The monoisotopic (exact) mass is 398 g/mol. The summed E-state index contributed by atoms with van der Waals surface area (Å²) in [4.78, 5) is 13.6. The van der Waals surface area contributed by atoms with E-state index in [0.29, 0.717) is 31.3 Å². The van der Waals surface area contributed by atoms with Gasteiger partial charge in [-0.2, -0.15) is 0 Å². The smallest absolute Gasteiger partial charge is 0.262 e. The molecule has 0 radical (unpaired) electrons. The SMILES string of the molecule is CCOc1cc(CNC2CCOc3ccccc32)ccc1OC(C)C(=O)N(C)C. The van der Waals surface area contributed by atoms with Gasteiger partial charge in [0.15, 0.2) is 17.6 Å². The predicted octanol–water partition coefficient (Wildman–Crippen LogP) is 3.55. The topological polar surface area (TPSA) is 60.0 Å². The molecule has 2 unspecified atom stereocenters. The van der Waals surface area contributed by atoms with E-state index in [-0.39, 0.29) is 11.9 Å². The average molecular weight is 399 g/mol. The Kier molecular flexibility index (Phi) is 6.99. The average Bonchev–Trinajstić information content (AvgIpc) is 2.73.